The number of carbonyl (C=O) groups is 1. The van der Waals surface area contributed by atoms with Gasteiger partial charge in [0.15, 0.2) is 0 Å². The van der Waals surface area contributed by atoms with Crippen LogP contribution in [-0.4, -0.2) is 59.0 Å². The van der Waals surface area contributed by atoms with Gasteiger partial charge in [-0.15, -0.1) is 0 Å². The fourth-order valence-corrected chi connectivity index (χ4v) is 3.92. The second-order valence-electron chi connectivity index (χ2n) is 7.91. The summed E-state index contributed by atoms with van der Waals surface area (Å²) in [5.41, 5.74) is 3.68. The number of nitrogens with one attached hydrogen (secondary N) is 1. The van der Waals surface area contributed by atoms with Crippen LogP contribution in [0.4, 0.5) is 17.3 Å². The van der Waals surface area contributed by atoms with Crippen LogP contribution in [0.5, 0.6) is 5.75 Å². The number of rotatable bonds is 6. The van der Waals surface area contributed by atoms with Crippen molar-refractivity contribution < 1.29 is 9.90 Å². The van der Waals surface area contributed by atoms with E-state index in [4.69, 9.17) is 0 Å². The maximum Gasteiger partial charge on any atom is 0.227 e. The first-order valence-electron chi connectivity index (χ1n) is 10.3. The Hall–Kier alpha value is -3.19. The Labute approximate surface area is 176 Å². The Kier molecular flexibility index (Phi) is 5.81. The van der Waals surface area contributed by atoms with Gasteiger partial charge in [-0.2, -0.15) is 0 Å². The van der Waals surface area contributed by atoms with E-state index in [1.807, 2.05) is 32.0 Å². The summed E-state index contributed by atoms with van der Waals surface area (Å²) in [6.45, 7) is 8.22. The molecule has 4 rings (SSSR count). The Bertz CT molecular complexity index is 1030. The minimum absolute atomic E-state index is 0.155. The van der Waals surface area contributed by atoms with Gasteiger partial charge in [0.1, 0.15) is 12.0 Å². The smallest absolute Gasteiger partial charge is 0.227 e. The van der Waals surface area contributed by atoms with Gasteiger partial charge < -0.3 is 20.1 Å². The van der Waals surface area contributed by atoms with Crippen LogP contribution in [0.1, 0.15) is 25.3 Å². The minimum atomic E-state index is 0.155. The Morgan fingerprint density at radius 2 is 1.83 bits per heavy atom. The summed E-state index contributed by atoms with van der Waals surface area (Å²) in [5.74, 6) is 0.924. The molecule has 7 heteroatoms. The van der Waals surface area contributed by atoms with Crippen molar-refractivity contribution in [1.29, 1.82) is 0 Å². The molecule has 0 unspecified atom stereocenters. The predicted octanol–water partition coefficient (Wildman–Crippen LogP) is 3.52. The van der Waals surface area contributed by atoms with Gasteiger partial charge in [0.05, 0.1) is 12.1 Å². The van der Waals surface area contributed by atoms with Gasteiger partial charge in [0.25, 0.3) is 0 Å². The molecule has 3 aromatic rings. The van der Waals surface area contributed by atoms with E-state index in [-0.39, 0.29) is 11.7 Å². The molecule has 156 valence electrons. The van der Waals surface area contributed by atoms with Gasteiger partial charge in [-0.25, -0.2) is 9.97 Å². The van der Waals surface area contributed by atoms with E-state index in [2.05, 4.69) is 37.2 Å². The van der Waals surface area contributed by atoms with Crippen molar-refractivity contribution in [2.24, 2.45) is 0 Å². The molecule has 0 radical (unpaired) electrons. The van der Waals surface area contributed by atoms with Crippen molar-refractivity contribution in [3.8, 4) is 5.75 Å². The third kappa shape index (κ3) is 4.21. The molecule has 0 amide bonds. The average Bonchev–Trinajstić information content (AvgIpc) is 2.75. The van der Waals surface area contributed by atoms with Crippen LogP contribution in [0.3, 0.4) is 0 Å². The topological polar surface area (TPSA) is 81.6 Å². The lowest BCUT2D eigenvalue weighted by Crippen LogP contribution is -2.46. The van der Waals surface area contributed by atoms with Crippen LogP contribution in [0.2, 0.25) is 0 Å². The van der Waals surface area contributed by atoms with Crippen molar-refractivity contribution in [3.05, 3.63) is 48.2 Å². The Morgan fingerprint density at radius 3 is 2.50 bits per heavy atom. The van der Waals surface area contributed by atoms with Gasteiger partial charge >= 0.3 is 0 Å². The highest BCUT2D eigenvalue weighted by Crippen LogP contribution is 2.32. The van der Waals surface area contributed by atoms with Gasteiger partial charge in [-0.1, -0.05) is 13.8 Å². The highest BCUT2D eigenvalue weighted by Gasteiger charge is 2.17. The number of hydrogen-bond donors (Lipinski definition) is 2. The third-order valence-corrected chi connectivity index (χ3v) is 5.54. The molecule has 2 N–H and O–H groups in total. The molecule has 1 aliphatic rings. The largest absolute Gasteiger partial charge is 0.508 e. The minimum Gasteiger partial charge on any atom is -0.508 e. The molecule has 2 heterocycles. The predicted molar refractivity (Wildman–Crippen MR) is 120 cm³/mol. The third-order valence-electron chi connectivity index (χ3n) is 5.54. The zero-order valence-corrected chi connectivity index (χ0v) is 17.4. The molecule has 2 aromatic carbocycles. The molecular formula is C23H27N5O2. The number of benzene rings is 2. The Balaban J connectivity index is 1.49. The van der Waals surface area contributed by atoms with Crippen LogP contribution >= 0.6 is 0 Å². The fraction of sp³-hybridized carbons (Fsp3) is 0.348. The van der Waals surface area contributed by atoms with E-state index in [1.165, 1.54) is 0 Å². The van der Waals surface area contributed by atoms with Crippen LogP contribution in [-0.2, 0) is 4.79 Å². The number of fused-ring (bicyclic) bond motifs is 1. The van der Waals surface area contributed by atoms with Crippen LogP contribution < -0.4 is 10.2 Å². The number of aromatic nitrogens is 2. The summed E-state index contributed by atoms with van der Waals surface area (Å²) >= 11 is 0. The van der Waals surface area contributed by atoms with Crippen molar-refractivity contribution in [1.82, 2.24) is 14.9 Å². The van der Waals surface area contributed by atoms with Crippen LogP contribution in [0.25, 0.3) is 10.9 Å². The molecule has 1 aliphatic heterocycles. The summed E-state index contributed by atoms with van der Waals surface area (Å²) in [6, 6.07) is 11.8. The Morgan fingerprint density at radius 1 is 1.10 bits per heavy atom. The monoisotopic (exact) mass is 405 g/mol. The summed E-state index contributed by atoms with van der Waals surface area (Å²) < 4.78 is 0. The summed E-state index contributed by atoms with van der Waals surface area (Å²) in [5, 5.41) is 14.4. The molecule has 0 bridgehead atoms. The van der Waals surface area contributed by atoms with E-state index >= 15 is 0 Å². The number of anilines is 3. The molecule has 1 fully saturated rings. The van der Waals surface area contributed by atoms with Gasteiger partial charge in [-0.3, -0.25) is 4.90 Å². The van der Waals surface area contributed by atoms with Crippen molar-refractivity contribution in [2.45, 2.75) is 19.8 Å². The average molecular weight is 406 g/mol. The molecule has 7 nitrogen and oxygen atoms in total. The van der Waals surface area contributed by atoms with Crippen molar-refractivity contribution >= 4 is 34.5 Å². The number of carbonyl (C=O) groups excluding carboxylic acids is 1. The van der Waals surface area contributed by atoms with Crippen molar-refractivity contribution in [2.75, 3.05) is 42.9 Å². The molecule has 0 spiro atoms. The number of phenols is 1. The standard InChI is InChI=1S/C23H27N5O2/c1-16(2)21-20(30)8-3-17-15-24-23(26-22(17)21)25-18-4-6-19(7-5-18)28-11-9-27(10-12-28)13-14-29/h3-8,14-16,30H,9-13H2,1-2H3,(H,24,25,26). The van der Waals surface area contributed by atoms with E-state index in [1.54, 1.807) is 12.3 Å². The highest BCUT2D eigenvalue weighted by atomic mass is 16.3. The lowest BCUT2D eigenvalue weighted by Gasteiger charge is -2.35. The van der Waals surface area contributed by atoms with Gasteiger partial charge in [-0.05, 0) is 42.3 Å². The maximum atomic E-state index is 10.7. The van der Waals surface area contributed by atoms with E-state index < -0.39 is 0 Å². The van der Waals surface area contributed by atoms with E-state index in [0.29, 0.717) is 12.5 Å². The second kappa shape index (κ2) is 8.67. The summed E-state index contributed by atoms with van der Waals surface area (Å²) in [6.07, 6.45) is 2.75. The number of aldehydes is 1. The molecule has 0 saturated carbocycles. The lowest BCUT2D eigenvalue weighted by atomic mass is 9.99. The fourth-order valence-electron chi connectivity index (χ4n) is 3.92. The van der Waals surface area contributed by atoms with Gasteiger partial charge in [0, 0.05) is 54.7 Å². The molecule has 0 atom stereocenters. The number of phenolic OH excluding ortho intramolecular Hbond substituents is 1. The lowest BCUT2D eigenvalue weighted by molar-refractivity contribution is -0.108. The van der Waals surface area contributed by atoms with Crippen LogP contribution in [0, 0.1) is 0 Å². The summed E-state index contributed by atoms with van der Waals surface area (Å²) in [4.78, 5) is 24.2. The first kappa shape index (κ1) is 20.1. The normalized spacial score (nSPS) is 15.0. The summed E-state index contributed by atoms with van der Waals surface area (Å²) in [7, 11) is 0. The molecule has 1 saturated heterocycles. The van der Waals surface area contributed by atoms with Gasteiger partial charge in [0.2, 0.25) is 5.95 Å². The first-order chi connectivity index (χ1) is 14.5. The SMILES string of the molecule is CC(C)c1c(O)ccc2cnc(Nc3ccc(N4CCN(CC=O)CC4)cc3)nc12. The van der Waals surface area contributed by atoms with Crippen LogP contribution in [0.15, 0.2) is 42.6 Å². The number of nitrogens with zero attached hydrogens (tertiary/aromatic N) is 4. The second-order valence-corrected chi connectivity index (χ2v) is 7.91. The highest BCUT2D eigenvalue weighted by molar-refractivity contribution is 5.85. The number of piperazine rings is 1. The zero-order valence-electron chi connectivity index (χ0n) is 17.4. The maximum absolute atomic E-state index is 10.7. The zero-order chi connectivity index (χ0) is 21.1. The quantitative estimate of drug-likeness (QED) is 0.607. The van der Waals surface area contributed by atoms with Crippen molar-refractivity contribution in [3.63, 3.8) is 0 Å². The molecular weight excluding hydrogens is 378 g/mol. The first-order valence-corrected chi connectivity index (χ1v) is 10.3. The van der Waals surface area contributed by atoms with E-state index in [9.17, 15) is 9.90 Å². The number of aromatic hydroxyl groups is 1. The molecule has 1 aromatic heterocycles. The molecule has 0 aliphatic carbocycles. The van der Waals surface area contributed by atoms with E-state index in [0.717, 1.165) is 60.3 Å². The molecule has 30 heavy (non-hydrogen) atoms. The number of hydrogen-bond acceptors (Lipinski definition) is 7.